The molecule has 1 amide bonds. The van der Waals surface area contributed by atoms with E-state index in [1.165, 1.54) is 0 Å². The van der Waals surface area contributed by atoms with Gasteiger partial charge in [-0.15, -0.1) is 0 Å². The number of rotatable bonds is 5. The summed E-state index contributed by atoms with van der Waals surface area (Å²) in [4.78, 5) is 21.6. The summed E-state index contributed by atoms with van der Waals surface area (Å²) in [7, 11) is 3.75. The van der Waals surface area contributed by atoms with Gasteiger partial charge in [0, 0.05) is 32.1 Å². The molecule has 1 spiro atoms. The Hall–Kier alpha value is -2.61. The Balaban J connectivity index is 1.37. The van der Waals surface area contributed by atoms with Gasteiger partial charge in [-0.3, -0.25) is 9.89 Å². The van der Waals surface area contributed by atoms with Gasteiger partial charge in [-0.1, -0.05) is 12.1 Å². The molecule has 0 bridgehead atoms. The lowest BCUT2D eigenvalue weighted by atomic mass is 9.70. The van der Waals surface area contributed by atoms with Gasteiger partial charge in [-0.05, 0) is 44.4 Å². The lowest BCUT2D eigenvalue weighted by molar-refractivity contribution is -0.135. The zero-order chi connectivity index (χ0) is 20.4. The van der Waals surface area contributed by atoms with E-state index in [1.807, 2.05) is 36.1 Å². The molecule has 8 heteroatoms. The maximum atomic E-state index is 12.7. The summed E-state index contributed by atoms with van der Waals surface area (Å²) in [6.45, 7) is 5.42. The fourth-order valence-corrected chi connectivity index (χ4v) is 4.77. The highest BCUT2D eigenvalue weighted by Crippen LogP contribution is 2.48. The van der Waals surface area contributed by atoms with E-state index >= 15 is 0 Å². The number of H-pyrrole nitrogens is 1. The number of carbonyl (C=O) groups excluding carboxylic acids is 1. The highest BCUT2D eigenvalue weighted by atomic mass is 16.5. The van der Waals surface area contributed by atoms with Crippen LogP contribution in [-0.2, 0) is 4.79 Å². The Morgan fingerprint density at radius 3 is 2.66 bits per heavy atom. The van der Waals surface area contributed by atoms with Crippen molar-refractivity contribution in [1.29, 1.82) is 0 Å². The third-order valence-corrected chi connectivity index (χ3v) is 6.28. The molecular weight excluding hydrogens is 370 g/mol. The maximum absolute atomic E-state index is 12.7. The van der Waals surface area contributed by atoms with Crippen LogP contribution in [0.5, 0.6) is 11.5 Å². The van der Waals surface area contributed by atoms with Crippen LogP contribution in [0, 0.1) is 12.3 Å². The van der Waals surface area contributed by atoms with E-state index in [4.69, 9.17) is 9.47 Å². The van der Waals surface area contributed by atoms with Gasteiger partial charge in [0.05, 0.1) is 7.11 Å². The number of likely N-dealkylation sites (tertiary alicyclic amines) is 2. The molecular formula is C21H29N5O3. The number of benzene rings is 1. The summed E-state index contributed by atoms with van der Waals surface area (Å²) in [5.74, 6) is 3.31. The normalized spacial score (nSPS) is 21.5. The number of aromatic amines is 1. The van der Waals surface area contributed by atoms with E-state index in [0.717, 1.165) is 50.7 Å². The highest BCUT2D eigenvalue weighted by molar-refractivity contribution is 5.78. The molecule has 8 nitrogen and oxygen atoms in total. The summed E-state index contributed by atoms with van der Waals surface area (Å²) in [5, 5.41) is 7.42. The highest BCUT2D eigenvalue weighted by Gasteiger charge is 2.49. The Morgan fingerprint density at radius 1 is 1.28 bits per heavy atom. The Labute approximate surface area is 171 Å². The quantitative estimate of drug-likeness (QED) is 0.826. The molecule has 1 aromatic carbocycles. The SMILES string of the molecule is COc1ccccc1OCC(=O)N1CCC2(CC1)CN(C)CC2c1n[nH]c(C)n1. The molecule has 3 heterocycles. The molecule has 2 aliphatic heterocycles. The van der Waals surface area contributed by atoms with Crippen LogP contribution in [0.2, 0.25) is 0 Å². The second-order valence-electron chi connectivity index (χ2n) is 8.21. The van der Waals surface area contributed by atoms with E-state index in [9.17, 15) is 4.79 Å². The molecule has 0 saturated carbocycles. The molecule has 2 fully saturated rings. The van der Waals surface area contributed by atoms with E-state index in [0.29, 0.717) is 17.4 Å². The molecule has 1 unspecified atom stereocenters. The molecule has 0 radical (unpaired) electrons. The summed E-state index contributed by atoms with van der Waals surface area (Å²) in [6.07, 6.45) is 1.91. The van der Waals surface area contributed by atoms with Crippen molar-refractivity contribution < 1.29 is 14.3 Å². The van der Waals surface area contributed by atoms with Gasteiger partial charge in [0.2, 0.25) is 0 Å². The first-order chi connectivity index (χ1) is 14.0. The Morgan fingerprint density at radius 2 is 2.00 bits per heavy atom. The van der Waals surface area contributed by atoms with Crippen molar-refractivity contribution in [3.05, 3.63) is 35.9 Å². The van der Waals surface area contributed by atoms with Crippen LogP contribution >= 0.6 is 0 Å². The predicted octanol–water partition coefficient (Wildman–Crippen LogP) is 1.84. The van der Waals surface area contributed by atoms with Crippen molar-refractivity contribution in [1.82, 2.24) is 25.0 Å². The van der Waals surface area contributed by atoms with Crippen molar-refractivity contribution in [3.8, 4) is 11.5 Å². The van der Waals surface area contributed by atoms with Crippen LogP contribution in [0.15, 0.2) is 24.3 Å². The Kier molecular flexibility index (Phi) is 5.45. The lowest BCUT2D eigenvalue weighted by Crippen LogP contribution is -2.47. The van der Waals surface area contributed by atoms with Gasteiger partial charge in [0.1, 0.15) is 5.82 Å². The average Bonchev–Trinajstić information content (AvgIpc) is 3.29. The minimum Gasteiger partial charge on any atom is -0.493 e. The second kappa shape index (κ2) is 8.02. The van der Waals surface area contributed by atoms with Crippen LogP contribution in [0.25, 0.3) is 0 Å². The average molecular weight is 399 g/mol. The van der Waals surface area contributed by atoms with Crippen LogP contribution in [0.1, 0.15) is 30.4 Å². The number of nitrogens with zero attached hydrogens (tertiary/aromatic N) is 4. The second-order valence-corrected chi connectivity index (χ2v) is 8.21. The first kappa shape index (κ1) is 19.7. The maximum Gasteiger partial charge on any atom is 0.260 e. The number of para-hydroxylation sites is 2. The molecule has 1 aromatic heterocycles. The number of carbonyl (C=O) groups is 1. The van der Waals surface area contributed by atoms with E-state index in [1.54, 1.807) is 7.11 Å². The molecule has 2 aliphatic rings. The van der Waals surface area contributed by atoms with Crippen molar-refractivity contribution in [2.45, 2.75) is 25.7 Å². The van der Waals surface area contributed by atoms with E-state index < -0.39 is 0 Å². The third kappa shape index (κ3) is 3.94. The van der Waals surface area contributed by atoms with Crippen molar-refractivity contribution in [2.75, 3.05) is 46.9 Å². The number of nitrogens with one attached hydrogen (secondary N) is 1. The zero-order valence-electron chi connectivity index (χ0n) is 17.4. The number of aryl methyl sites for hydroxylation is 1. The van der Waals surface area contributed by atoms with Gasteiger partial charge in [0.15, 0.2) is 23.9 Å². The molecule has 1 atom stereocenters. The molecule has 2 aromatic rings. The molecule has 29 heavy (non-hydrogen) atoms. The number of ether oxygens (including phenoxy) is 2. The van der Waals surface area contributed by atoms with Gasteiger partial charge < -0.3 is 19.3 Å². The van der Waals surface area contributed by atoms with Crippen molar-refractivity contribution in [2.24, 2.45) is 5.41 Å². The summed E-state index contributed by atoms with van der Waals surface area (Å²) in [6, 6.07) is 7.39. The van der Waals surface area contributed by atoms with Crippen LogP contribution in [0.4, 0.5) is 0 Å². The summed E-state index contributed by atoms with van der Waals surface area (Å²) < 4.78 is 11.0. The summed E-state index contributed by atoms with van der Waals surface area (Å²) in [5.41, 5.74) is 0.129. The number of piperidine rings is 1. The summed E-state index contributed by atoms with van der Waals surface area (Å²) >= 11 is 0. The van der Waals surface area contributed by atoms with E-state index in [-0.39, 0.29) is 17.9 Å². The first-order valence-corrected chi connectivity index (χ1v) is 10.1. The number of hydrogen-bond donors (Lipinski definition) is 1. The number of likely N-dealkylation sites (N-methyl/N-ethyl adjacent to an activating group) is 1. The predicted molar refractivity (Wildman–Crippen MR) is 108 cm³/mol. The topological polar surface area (TPSA) is 83.6 Å². The third-order valence-electron chi connectivity index (χ3n) is 6.28. The molecule has 4 rings (SSSR count). The van der Waals surface area contributed by atoms with Crippen molar-refractivity contribution >= 4 is 5.91 Å². The molecule has 2 saturated heterocycles. The lowest BCUT2D eigenvalue weighted by Gasteiger charge is -2.42. The Bertz CT molecular complexity index is 860. The van der Waals surface area contributed by atoms with Crippen molar-refractivity contribution in [3.63, 3.8) is 0 Å². The number of aromatic nitrogens is 3. The van der Waals surface area contributed by atoms with Crippen LogP contribution < -0.4 is 9.47 Å². The van der Waals surface area contributed by atoms with Gasteiger partial charge in [-0.25, -0.2) is 4.98 Å². The minimum atomic E-state index is 0.0161. The van der Waals surface area contributed by atoms with E-state index in [2.05, 4.69) is 27.1 Å². The van der Waals surface area contributed by atoms with Gasteiger partial charge in [0.25, 0.3) is 5.91 Å². The van der Waals surface area contributed by atoms with Crippen LogP contribution in [0.3, 0.4) is 0 Å². The van der Waals surface area contributed by atoms with Gasteiger partial charge >= 0.3 is 0 Å². The molecule has 0 aliphatic carbocycles. The standard InChI is InChI=1S/C21H29N5O3/c1-15-22-20(24-23-15)16-12-25(2)14-21(16)8-10-26(11-9-21)19(27)13-29-18-7-5-4-6-17(18)28-3/h4-7,16H,8-14H2,1-3H3,(H,22,23,24). The smallest absolute Gasteiger partial charge is 0.260 e. The van der Waals surface area contributed by atoms with Crippen LogP contribution in [-0.4, -0.2) is 77.8 Å². The fraction of sp³-hybridized carbons (Fsp3) is 0.571. The fourth-order valence-electron chi connectivity index (χ4n) is 4.77. The molecule has 156 valence electrons. The molecule has 1 N–H and O–H groups in total. The number of amides is 1. The van der Waals surface area contributed by atoms with Gasteiger partial charge in [-0.2, -0.15) is 5.10 Å². The monoisotopic (exact) mass is 399 g/mol. The number of hydrogen-bond acceptors (Lipinski definition) is 6. The largest absolute Gasteiger partial charge is 0.493 e. The minimum absolute atomic E-state index is 0.0161. The number of methoxy groups -OCH3 is 1. The first-order valence-electron chi connectivity index (χ1n) is 10.1. The zero-order valence-corrected chi connectivity index (χ0v) is 17.4.